The molecule has 0 aliphatic heterocycles. The maximum atomic E-state index is 12.1. The summed E-state index contributed by atoms with van der Waals surface area (Å²) in [5, 5.41) is 8.93. The van der Waals surface area contributed by atoms with E-state index in [0.717, 1.165) is 18.4 Å². The second-order valence-corrected chi connectivity index (χ2v) is 5.51. The van der Waals surface area contributed by atoms with E-state index in [-0.39, 0.29) is 12.3 Å². The maximum Gasteiger partial charge on any atom is 0.326 e. The van der Waals surface area contributed by atoms with Crippen LogP contribution in [0.5, 0.6) is 0 Å². The number of fused-ring (bicyclic) bond motifs is 1. The van der Waals surface area contributed by atoms with Crippen molar-refractivity contribution in [1.82, 2.24) is 4.90 Å². The molecule has 4 nitrogen and oxygen atoms in total. The van der Waals surface area contributed by atoms with E-state index in [2.05, 4.69) is 12.1 Å². The van der Waals surface area contributed by atoms with Crippen LogP contribution in [-0.4, -0.2) is 35.0 Å². The number of carbonyl (C=O) groups is 2. The molecular formula is C16H21NO3. The number of aryl methyl sites for hydroxylation is 2. The average Bonchev–Trinajstić information content (AvgIpc) is 2.45. The molecule has 0 bridgehead atoms. The summed E-state index contributed by atoms with van der Waals surface area (Å²) in [6.07, 6.45) is 4.92. The summed E-state index contributed by atoms with van der Waals surface area (Å²) in [5.41, 5.74) is 3.70. The van der Waals surface area contributed by atoms with Gasteiger partial charge in [-0.05, 0) is 49.3 Å². The Hall–Kier alpha value is -1.84. The SMILES string of the molecule is CC(C(=O)O)N(C)C(=O)Cc1ccc2c(c1)CCCC2. The first-order valence-corrected chi connectivity index (χ1v) is 7.08. The second kappa shape index (κ2) is 6.07. The van der Waals surface area contributed by atoms with Gasteiger partial charge >= 0.3 is 5.97 Å². The molecule has 1 aliphatic rings. The van der Waals surface area contributed by atoms with Crippen molar-refractivity contribution in [3.05, 3.63) is 34.9 Å². The summed E-state index contributed by atoms with van der Waals surface area (Å²) >= 11 is 0. The zero-order chi connectivity index (χ0) is 14.7. The van der Waals surface area contributed by atoms with Gasteiger partial charge in [0, 0.05) is 7.05 Å². The van der Waals surface area contributed by atoms with Crippen molar-refractivity contribution in [3.8, 4) is 0 Å². The topological polar surface area (TPSA) is 57.6 Å². The lowest BCUT2D eigenvalue weighted by Crippen LogP contribution is -2.41. The van der Waals surface area contributed by atoms with Gasteiger partial charge in [-0.15, -0.1) is 0 Å². The van der Waals surface area contributed by atoms with E-state index in [1.54, 1.807) is 7.05 Å². The number of hydrogen-bond donors (Lipinski definition) is 1. The van der Waals surface area contributed by atoms with E-state index < -0.39 is 12.0 Å². The lowest BCUT2D eigenvalue weighted by atomic mass is 9.90. The third-order valence-electron chi connectivity index (χ3n) is 4.10. The Morgan fingerprint density at radius 3 is 2.55 bits per heavy atom. The molecule has 4 heteroatoms. The molecule has 1 aromatic carbocycles. The van der Waals surface area contributed by atoms with Gasteiger partial charge < -0.3 is 10.0 Å². The summed E-state index contributed by atoms with van der Waals surface area (Å²) < 4.78 is 0. The van der Waals surface area contributed by atoms with E-state index >= 15 is 0 Å². The molecule has 1 amide bonds. The van der Waals surface area contributed by atoms with E-state index in [0.29, 0.717) is 0 Å². The number of carboxylic acids is 1. The molecule has 0 fully saturated rings. The Morgan fingerprint density at radius 2 is 1.90 bits per heavy atom. The molecule has 0 saturated heterocycles. The summed E-state index contributed by atoms with van der Waals surface area (Å²) in [4.78, 5) is 24.3. The molecule has 0 saturated carbocycles. The zero-order valence-corrected chi connectivity index (χ0v) is 12.1. The number of hydrogen-bond acceptors (Lipinski definition) is 2. The first-order valence-electron chi connectivity index (χ1n) is 7.08. The van der Waals surface area contributed by atoms with Crippen LogP contribution >= 0.6 is 0 Å². The van der Waals surface area contributed by atoms with Gasteiger partial charge in [-0.1, -0.05) is 18.2 Å². The smallest absolute Gasteiger partial charge is 0.326 e. The van der Waals surface area contributed by atoms with Gasteiger partial charge in [-0.25, -0.2) is 4.79 Å². The van der Waals surface area contributed by atoms with Gasteiger partial charge in [0.15, 0.2) is 0 Å². The predicted molar refractivity (Wildman–Crippen MR) is 76.7 cm³/mol. The van der Waals surface area contributed by atoms with Gasteiger partial charge in [0.1, 0.15) is 6.04 Å². The standard InChI is InChI=1S/C16H21NO3/c1-11(16(19)20)17(2)15(18)10-12-7-8-13-5-3-4-6-14(13)9-12/h7-9,11H,3-6,10H2,1-2H3,(H,19,20). The van der Waals surface area contributed by atoms with Crippen LogP contribution in [0.2, 0.25) is 0 Å². The first kappa shape index (κ1) is 14.6. The van der Waals surface area contributed by atoms with Crippen molar-refractivity contribution in [2.45, 2.75) is 45.1 Å². The minimum absolute atomic E-state index is 0.157. The molecule has 1 aliphatic carbocycles. The van der Waals surface area contributed by atoms with Crippen molar-refractivity contribution >= 4 is 11.9 Å². The zero-order valence-electron chi connectivity index (χ0n) is 12.1. The lowest BCUT2D eigenvalue weighted by Gasteiger charge is -2.22. The molecule has 0 aromatic heterocycles. The van der Waals surface area contributed by atoms with Gasteiger partial charge in [0.25, 0.3) is 0 Å². The van der Waals surface area contributed by atoms with Crippen LogP contribution in [0.1, 0.15) is 36.5 Å². The predicted octanol–water partition coefficient (Wildman–Crippen LogP) is 2.04. The van der Waals surface area contributed by atoms with Crippen LogP contribution < -0.4 is 0 Å². The van der Waals surface area contributed by atoms with Crippen molar-refractivity contribution < 1.29 is 14.7 Å². The molecule has 0 spiro atoms. The quantitative estimate of drug-likeness (QED) is 0.914. The number of benzene rings is 1. The van der Waals surface area contributed by atoms with E-state index in [1.165, 1.54) is 35.8 Å². The number of likely N-dealkylation sites (N-methyl/N-ethyl adjacent to an activating group) is 1. The van der Waals surface area contributed by atoms with Crippen molar-refractivity contribution in [3.63, 3.8) is 0 Å². The lowest BCUT2D eigenvalue weighted by molar-refractivity contribution is -0.147. The highest BCUT2D eigenvalue weighted by Crippen LogP contribution is 2.22. The number of aliphatic carboxylic acids is 1. The summed E-state index contributed by atoms with van der Waals surface area (Å²) in [6.45, 7) is 1.52. The van der Waals surface area contributed by atoms with E-state index in [4.69, 9.17) is 5.11 Å². The molecule has 0 radical (unpaired) electrons. The minimum Gasteiger partial charge on any atom is -0.480 e. The van der Waals surface area contributed by atoms with Crippen LogP contribution in [-0.2, 0) is 28.9 Å². The fraction of sp³-hybridized carbons (Fsp3) is 0.500. The molecular weight excluding hydrogens is 254 g/mol. The second-order valence-electron chi connectivity index (χ2n) is 5.51. The fourth-order valence-corrected chi connectivity index (χ4v) is 2.58. The largest absolute Gasteiger partial charge is 0.480 e. The molecule has 20 heavy (non-hydrogen) atoms. The summed E-state index contributed by atoms with van der Waals surface area (Å²) in [6, 6.07) is 5.41. The van der Waals surface area contributed by atoms with E-state index in [1.807, 2.05) is 6.07 Å². The molecule has 108 valence electrons. The Morgan fingerprint density at radius 1 is 1.25 bits per heavy atom. The summed E-state index contributed by atoms with van der Waals surface area (Å²) in [7, 11) is 1.54. The van der Waals surface area contributed by atoms with Gasteiger partial charge in [-0.3, -0.25) is 4.79 Å². The highest BCUT2D eigenvalue weighted by atomic mass is 16.4. The average molecular weight is 275 g/mol. The van der Waals surface area contributed by atoms with Gasteiger partial charge in [0.05, 0.1) is 6.42 Å². The molecule has 1 unspecified atom stereocenters. The van der Waals surface area contributed by atoms with Crippen LogP contribution in [0.3, 0.4) is 0 Å². The Bertz CT molecular complexity index is 524. The van der Waals surface area contributed by atoms with Gasteiger partial charge in [0.2, 0.25) is 5.91 Å². The number of carbonyl (C=O) groups excluding carboxylic acids is 1. The molecule has 1 atom stereocenters. The maximum absolute atomic E-state index is 12.1. The van der Waals surface area contributed by atoms with Gasteiger partial charge in [-0.2, -0.15) is 0 Å². The van der Waals surface area contributed by atoms with Crippen LogP contribution in [0.15, 0.2) is 18.2 Å². The number of nitrogens with zero attached hydrogens (tertiary/aromatic N) is 1. The Kier molecular flexibility index (Phi) is 4.42. The van der Waals surface area contributed by atoms with Crippen molar-refractivity contribution in [2.75, 3.05) is 7.05 Å². The van der Waals surface area contributed by atoms with Crippen molar-refractivity contribution in [1.29, 1.82) is 0 Å². The fourth-order valence-electron chi connectivity index (χ4n) is 2.58. The molecule has 1 aromatic rings. The molecule has 1 N–H and O–H groups in total. The highest BCUT2D eigenvalue weighted by Gasteiger charge is 2.22. The monoisotopic (exact) mass is 275 g/mol. The molecule has 2 rings (SSSR count). The number of amides is 1. The van der Waals surface area contributed by atoms with Crippen LogP contribution in [0, 0.1) is 0 Å². The Balaban J connectivity index is 2.06. The van der Waals surface area contributed by atoms with Crippen LogP contribution in [0.25, 0.3) is 0 Å². The third kappa shape index (κ3) is 3.18. The number of carboxylic acid groups (broad SMARTS) is 1. The number of rotatable bonds is 4. The molecule has 0 heterocycles. The van der Waals surface area contributed by atoms with Crippen molar-refractivity contribution in [2.24, 2.45) is 0 Å². The van der Waals surface area contributed by atoms with Crippen LogP contribution in [0.4, 0.5) is 0 Å². The Labute approximate surface area is 119 Å². The summed E-state index contributed by atoms with van der Waals surface area (Å²) in [5.74, 6) is -1.14. The normalized spacial score (nSPS) is 15.3. The third-order valence-corrected chi connectivity index (χ3v) is 4.10. The van der Waals surface area contributed by atoms with E-state index in [9.17, 15) is 9.59 Å². The first-order chi connectivity index (χ1) is 9.49. The minimum atomic E-state index is -0.980. The highest BCUT2D eigenvalue weighted by molar-refractivity contribution is 5.84.